The normalized spacial score (nSPS) is 10.6. The van der Waals surface area contributed by atoms with E-state index in [1.165, 1.54) is 0 Å². The van der Waals surface area contributed by atoms with Gasteiger partial charge in [0.15, 0.2) is 0 Å². The van der Waals surface area contributed by atoms with Crippen molar-refractivity contribution in [2.75, 3.05) is 0 Å². The van der Waals surface area contributed by atoms with E-state index in [0.717, 1.165) is 5.56 Å². The minimum atomic E-state index is -0.416. The van der Waals surface area contributed by atoms with Crippen molar-refractivity contribution in [3.05, 3.63) is 89.5 Å². The van der Waals surface area contributed by atoms with E-state index in [-0.39, 0.29) is 18.7 Å². The van der Waals surface area contributed by atoms with Crippen LogP contribution in [0, 0.1) is 0 Å². The molecule has 2 aromatic heterocycles. The van der Waals surface area contributed by atoms with Crippen molar-refractivity contribution in [2.45, 2.75) is 12.8 Å². The Morgan fingerprint density at radius 2 is 1.71 bits per heavy atom. The molecule has 0 spiro atoms. The lowest BCUT2D eigenvalue weighted by molar-refractivity contribution is -0.121. The van der Waals surface area contributed by atoms with Gasteiger partial charge in [-0.05, 0) is 48.5 Å². The van der Waals surface area contributed by atoms with Crippen LogP contribution in [0.3, 0.4) is 0 Å². The highest BCUT2D eigenvalue weighted by Gasteiger charge is 2.14. The van der Waals surface area contributed by atoms with Crippen LogP contribution < -0.4 is 10.9 Å². The number of rotatable bonds is 6. The Kier molecular flexibility index (Phi) is 6.09. The van der Waals surface area contributed by atoms with Gasteiger partial charge in [-0.25, -0.2) is 0 Å². The third-order valence-corrected chi connectivity index (χ3v) is 4.74. The number of nitrogens with zero attached hydrogens (tertiary/aromatic N) is 3. The second kappa shape index (κ2) is 9.27. The average molecular weight is 436 g/mol. The highest BCUT2D eigenvalue weighted by Crippen LogP contribution is 2.19. The Bertz CT molecular complexity index is 1190. The summed E-state index contributed by atoms with van der Waals surface area (Å²) in [6.45, 7) is 0. The predicted molar refractivity (Wildman–Crippen MR) is 114 cm³/mol. The first-order chi connectivity index (χ1) is 15.1. The molecule has 0 saturated heterocycles. The first-order valence-corrected chi connectivity index (χ1v) is 9.88. The molecular formula is C22H18ClN5O3. The van der Waals surface area contributed by atoms with Crippen molar-refractivity contribution in [3.63, 3.8) is 0 Å². The second-order valence-corrected chi connectivity index (χ2v) is 7.06. The van der Waals surface area contributed by atoms with E-state index in [1.54, 1.807) is 36.4 Å². The van der Waals surface area contributed by atoms with Crippen molar-refractivity contribution >= 4 is 23.4 Å². The standard InChI is InChI=1S/C22H18ClN5O3/c23-16-9-7-15(8-10-16)21-24-20(31-27-21)12-11-19(29)25-26-22(30)17-5-1-2-6-18(17)28-13-3-4-14-28/h1-10,13-14H,11-12H2,(H,25,29)(H,26,30). The fraction of sp³-hybridized carbons (Fsp3) is 0.0909. The predicted octanol–water partition coefficient (Wildman–Crippen LogP) is 3.57. The molecule has 0 aliphatic rings. The van der Waals surface area contributed by atoms with Gasteiger partial charge >= 0.3 is 0 Å². The molecule has 0 aliphatic heterocycles. The number of aryl methyl sites for hydroxylation is 1. The maximum atomic E-state index is 12.5. The smallest absolute Gasteiger partial charge is 0.271 e. The molecular weight excluding hydrogens is 418 g/mol. The molecule has 0 unspecified atom stereocenters. The first kappa shape index (κ1) is 20.4. The van der Waals surface area contributed by atoms with E-state index in [4.69, 9.17) is 16.1 Å². The zero-order valence-corrected chi connectivity index (χ0v) is 17.0. The quantitative estimate of drug-likeness (QED) is 0.451. The molecule has 2 aromatic carbocycles. The number of hydrazine groups is 1. The van der Waals surface area contributed by atoms with Gasteiger partial charge in [-0.1, -0.05) is 28.9 Å². The van der Waals surface area contributed by atoms with Gasteiger partial charge in [0.05, 0.1) is 11.3 Å². The highest BCUT2D eigenvalue weighted by atomic mass is 35.5. The fourth-order valence-corrected chi connectivity index (χ4v) is 3.06. The molecule has 0 aliphatic carbocycles. The van der Waals surface area contributed by atoms with Crippen LogP contribution in [-0.4, -0.2) is 26.5 Å². The number of para-hydroxylation sites is 1. The second-order valence-electron chi connectivity index (χ2n) is 6.63. The number of aromatic nitrogens is 3. The molecule has 8 nitrogen and oxygen atoms in total. The Morgan fingerprint density at radius 1 is 0.968 bits per heavy atom. The molecule has 4 aromatic rings. The van der Waals surface area contributed by atoms with E-state index in [0.29, 0.717) is 28.0 Å². The number of carbonyl (C=O) groups is 2. The van der Waals surface area contributed by atoms with Gasteiger partial charge in [0, 0.05) is 35.8 Å². The SMILES string of the molecule is O=C(CCc1nc(-c2ccc(Cl)cc2)no1)NNC(=O)c1ccccc1-n1cccc1. The first-order valence-electron chi connectivity index (χ1n) is 9.50. The van der Waals surface area contributed by atoms with Gasteiger partial charge < -0.3 is 9.09 Å². The molecule has 2 amide bonds. The Balaban J connectivity index is 1.30. The van der Waals surface area contributed by atoms with Crippen molar-refractivity contribution in [1.82, 2.24) is 25.6 Å². The summed E-state index contributed by atoms with van der Waals surface area (Å²) in [6, 6.07) is 17.9. The van der Waals surface area contributed by atoms with E-state index in [2.05, 4.69) is 21.0 Å². The van der Waals surface area contributed by atoms with Gasteiger partial charge in [0.25, 0.3) is 5.91 Å². The van der Waals surface area contributed by atoms with Crippen molar-refractivity contribution in [2.24, 2.45) is 0 Å². The number of amides is 2. The van der Waals surface area contributed by atoms with Gasteiger partial charge in [-0.15, -0.1) is 0 Å². The molecule has 2 heterocycles. The topological polar surface area (TPSA) is 102 Å². The van der Waals surface area contributed by atoms with Crippen molar-refractivity contribution < 1.29 is 14.1 Å². The largest absolute Gasteiger partial charge is 0.339 e. The zero-order chi connectivity index (χ0) is 21.6. The lowest BCUT2D eigenvalue weighted by Crippen LogP contribution is -2.42. The van der Waals surface area contributed by atoms with Crippen LogP contribution in [0.4, 0.5) is 0 Å². The summed E-state index contributed by atoms with van der Waals surface area (Å²) in [5, 5.41) is 4.52. The third-order valence-electron chi connectivity index (χ3n) is 4.48. The molecule has 0 radical (unpaired) electrons. The van der Waals surface area contributed by atoms with Crippen molar-refractivity contribution in [1.29, 1.82) is 0 Å². The third kappa shape index (κ3) is 4.99. The molecule has 2 N–H and O–H groups in total. The van der Waals surface area contributed by atoms with E-state index in [1.807, 2.05) is 41.2 Å². The number of nitrogens with one attached hydrogen (secondary N) is 2. The van der Waals surface area contributed by atoms with E-state index in [9.17, 15) is 9.59 Å². The number of carbonyl (C=O) groups excluding carboxylic acids is 2. The number of benzene rings is 2. The van der Waals surface area contributed by atoms with Crippen LogP contribution in [0.2, 0.25) is 5.02 Å². The zero-order valence-electron chi connectivity index (χ0n) is 16.3. The molecule has 0 bridgehead atoms. The maximum absolute atomic E-state index is 12.5. The lowest BCUT2D eigenvalue weighted by Gasteiger charge is -2.11. The molecule has 156 valence electrons. The van der Waals surface area contributed by atoms with Crippen LogP contribution >= 0.6 is 11.6 Å². The van der Waals surface area contributed by atoms with E-state index < -0.39 is 5.91 Å². The molecule has 0 saturated carbocycles. The summed E-state index contributed by atoms with van der Waals surface area (Å²) >= 11 is 5.87. The molecule has 31 heavy (non-hydrogen) atoms. The highest BCUT2D eigenvalue weighted by molar-refractivity contribution is 6.30. The summed E-state index contributed by atoms with van der Waals surface area (Å²) in [4.78, 5) is 29.0. The molecule has 0 atom stereocenters. The number of halogens is 1. The van der Waals surface area contributed by atoms with Gasteiger partial charge in [0.1, 0.15) is 0 Å². The Morgan fingerprint density at radius 3 is 2.48 bits per heavy atom. The minimum Gasteiger partial charge on any atom is -0.339 e. The van der Waals surface area contributed by atoms with Gasteiger partial charge in [-0.3, -0.25) is 20.4 Å². The fourth-order valence-electron chi connectivity index (χ4n) is 2.94. The van der Waals surface area contributed by atoms with Crippen LogP contribution in [0.5, 0.6) is 0 Å². The van der Waals surface area contributed by atoms with Crippen molar-refractivity contribution in [3.8, 4) is 17.1 Å². The summed E-state index contributed by atoms with van der Waals surface area (Å²) in [5.74, 6) is -0.0510. The summed E-state index contributed by atoms with van der Waals surface area (Å²) in [7, 11) is 0. The molecule has 9 heteroatoms. The Hall–Kier alpha value is -3.91. The van der Waals surface area contributed by atoms with Crippen LogP contribution in [0.25, 0.3) is 17.1 Å². The van der Waals surface area contributed by atoms with Gasteiger partial charge in [0.2, 0.25) is 17.6 Å². The summed E-state index contributed by atoms with van der Waals surface area (Å²) in [6.07, 6.45) is 3.99. The van der Waals surface area contributed by atoms with Gasteiger partial charge in [-0.2, -0.15) is 4.98 Å². The molecule has 4 rings (SSSR count). The van der Waals surface area contributed by atoms with Crippen LogP contribution in [0.1, 0.15) is 22.7 Å². The molecule has 0 fully saturated rings. The minimum absolute atomic E-state index is 0.0712. The maximum Gasteiger partial charge on any atom is 0.271 e. The Labute approximate surface area is 182 Å². The summed E-state index contributed by atoms with van der Waals surface area (Å²) < 4.78 is 7.01. The monoisotopic (exact) mass is 435 g/mol. The van der Waals surface area contributed by atoms with E-state index >= 15 is 0 Å². The lowest BCUT2D eigenvalue weighted by atomic mass is 10.1. The summed E-state index contributed by atoms with van der Waals surface area (Å²) in [5.41, 5.74) is 6.76. The van der Waals surface area contributed by atoms with Crippen LogP contribution in [0.15, 0.2) is 77.6 Å². The van der Waals surface area contributed by atoms with Crippen LogP contribution in [-0.2, 0) is 11.2 Å². The number of hydrogen-bond donors (Lipinski definition) is 2. The average Bonchev–Trinajstić information content (AvgIpc) is 3.49. The number of hydrogen-bond acceptors (Lipinski definition) is 5.